The quantitative estimate of drug-likeness (QED) is 0.397. The van der Waals surface area contributed by atoms with Crippen molar-refractivity contribution in [3.63, 3.8) is 0 Å². The summed E-state index contributed by atoms with van der Waals surface area (Å²) in [4.78, 5) is 24.8. The molecule has 3 N–H and O–H groups in total. The van der Waals surface area contributed by atoms with Crippen LogP contribution in [0.2, 0.25) is 0 Å². The van der Waals surface area contributed by atoms with Crippen LogP contribution < -0.4 is 15.4 Å². The minimum atomic E-state index is -0.734. The van der Waals surface area contributed by atoms with E-state index in [-0.39, 0.29) is 24.5 Å². The number of aliphatic hydroxyl groups is 1. The predicted molar refractivity (Wildman–Crippen MR) is 132 cm³/mol. The molecule has 186 valence electrons. The average Bonchev–Trinajstić information content (AvgIpc) is 2.89. The second-order valence-corrected chi connectivity index (χ2v) is 8.33. The summed E-state index contributed by atoms with van der Waals surface area (Å²) < 4.78 is 25.0. The lowest BCUT2D eigenvalue weighted by atomic mass is 10.0. The first-order chi connectivity index (χ1) is 17.5. The molecule has 0 fully saturated rings. The van der Waals surface area contributed by atoms with Gasteiger partial charge in [0.25, 0.3) is 5.91 Å². The number of rotatable bonds is 9. The molecular formula is C28H27FN2O5. The molecular weight excluding hydrogens is 463 g/mol. The van der Waals surface area contributed by atoms with Crippen LogP contribution in [0, 0.1) is 5.82 Å². The number of amides is 2. The van der Waals surface area contributed by atoms with Crippen LogP contribution in [0.25, 0.3) is 0 Å². The second kappa shape index (κ2) is 12.1. The van der Waals surface area contributed by atoms with E-state index in [9.17, 15) is 19.1 Å². The Morgan fingerprint density at radius 1 is 0.944 bits per heavy atom. The Kier molecular flexibility index (Phi) is 8.44. The third-order valence-electron chi connectivity index (χ3n) is 5.63. The summed E-state index contributed by atoms with van der Waals surface area (Å²) in [6.07, 6.45) is 2.14. The Bertz CT molecular complexity index is 1200. The van der Waals surface area contributed by atoms with Crippen molar-refractivity contribution in [3.8, 4) is 11.5 Å². The fourth-order valence-electron chi connectivity index (χ4n) is 3.76. The molecule has 2 amide bonds. The summed E-state index contributed by atoms with van der Waals surface area (Å²) in [6, 6.07) is 21.6. The van der Waals surface area contributed by atoms with E-state index in [1.165, 1.54) is 18.2 Å². The number of nitrogens with one attached hydrogen (secondary N) is 2. The highest BCUT2D eigenvalue weighted by molar-refractivity contribution is 5.94. The molecule has 7 nitrogen and oxygen atoms in total. The van der Waals surface area contributed by atoms with Crippen molar-refractivity contribution in [3.05, 3.63) is 108 Å². The van der Waals surface area contributed by atoms with Crippen molar-refractivity contribution >= 4 is 11.8 Å². The molecule has 0 aromatic heterocycles. The Morgan fingerprint density at radius 3 is 2.42 bits per heavy atom. The van der Waals surface area contributed by atoms with Gasteiger partial charge in [-0.1, -0.05) is 48.6 Å². The van der Waals surface area contributed by atoms with Crippen LogP contribution >= 0.6 is 0 Å². The van der Waals surface area contributed by atoms with E-state index >= 15 is 0 Å². The fraction of sp³-hybridized carbons (Fsp3) is 0.214. The smallest absolute Gasteiger partial charge is 0.251 e. The zero-order valence-electron chi connectivity index (χ0n) is 19.5. The maximum absolute atomic E-state index is 13.4. The molecule has 4 rings (SSSR count). The summed E-state index contributed by atoms with van der Waals surface area (Å²) in [6.45, 7) is -0.00934. The molecule has 1 heterocycles. The van der Waals surface area contributed by atoms with Crippen LogP contribution in [0.4, 0.5) is 4.39 Å². The molecule has 8 heteroatoms. The minimum absolute atomic E-state index is 0.0623. The first kappa shape index (κ1) is 25.1. The van der Waals surface area contributed by atoms with E-state index < -0.39 is 30.0 Å². The standard InChI is InChI=1S/C28H27FN2O5/c29-21-6-4-5-20(15-21)28(34)31-25-14-13-24(36-26(25)18-32)16-27(33)30-17-19-9-11-23(12-10-19)35-22-7-2-1-3-8-22/h1-15,24-26,32H,16-18H2,(H,30,33)(H,31,34)/t24-,25-,26-/m0/s1. The van der Waals surface area contributed by atoms with Crippen LogP contribution in [0.3, 0.4) is 0 Å². The van der Waals surface area contributed by atoms with Gasteiger partial charge < -0.3 is 25.2 Å². The molecule has 3 aromatic rings. The number of hydrogen-bond donors (Lipinski definition) is 3. The number of halogens is 1. The van der Waals surface area contributed by atoms with Crippen molar-refractivity contribution in [1.82, 2.24) is 10.6 Å². The SMILES string of the molecule is O=C(C[C@@H]1C=C[C@H](NC(=O)c2cccc(F)c2)[C@H](CO)O1)NCc1ccc(Oc2ccccc2)cc1. The minimum Gasteiger partial charge on any atom is -0.457 e. The normalized spacial score (nSPS) is 18.9. The summed E-state index contributed by atoms with van der Waals surface area (Å²) in [5.41, 5.74) is 1.08. The maximum Gasteiger partial charge on any atom is 0.251 e. The highest BCUT2D eigenvalue weighted by Gasteiger charge is 2.29. The lowest BCUT2D eigenvalue weighted by Gasteiger charge is -2.31. The number of para-hydroxylation sites is 1. The molecule has 0 unspecified atom stereocenters. The molecule has 3 aromatic carbocycles. The Morgan fingerprint density at radius 2 is 1.69 bits per heavy atom. The zero-order chi connectivity index (χ0) is 25.3. The lowest BCUT2D eigenvalue weighted by molar-refractivity contribution is -0.125. The Balaban J connectivity index is 1.25. The Labute approximate surface area is 208 Å². The highest BCUT2D eigenvalue weighted by Crippen LogP contribution is 2.21. The van der Waals surface area contributed by atoms with Gasteiger partial charge in [0.15, 0.2) is 0 Å². The number of aliphatic hydroxyl groups excluding tert-OH is 1. The van der Waals surface area contributed by atoms with Crippen LogP contribution in [-0.2, 0) is 16.1 Å². The number of hydrogen-bond acceptors (Lipinski definition) is 5. The molecule has 1 aliphatic heterocycles. The van der Waals surface area contributed by atoms with Gasteiger partial charge in [0.05, 0.1) is 25.2 Å². The largest absolute Gasteiger partial charge is 0.457 e. The molecule has 0 aliphatic carbocycles. The van der Waals surface area contributed by atoms with Gasteiger partial charge in [-0.2, -0.15) is 0 Å². The topological polar surface area (TPSA) is 96.9 Å². The highest BCUT2D eigenvalue weighted by atomic mass is 19.1. The van der Waals surface area contributed by atoms with E-state index in [1.54, 1.807) is 12.2 Å². The number of ether oxygens (including phenoxy) is 2. The summed E-state index contributed by atoms with van der Waals surface area (Å²) in [7, 11) is 0. The van der Waals surface area contributed by atoms with E-state index in [0.717, 1.165) is 17.4 Å². The second-order valence-electron chi connectivity index (χ2n) is 8.33. The van der Waals surface area contributed by atoms with Crippen LogP contribution in [0.5, 0.6) is 11.5 Å². The fourth-order valence-corrected chi connectivity index (χ4v) is 3.76. The van der Waals surface area contributed by atoms with Gasteiger partial charge in [-0.25, -0.2) is 4.39 Å². The Hall–Kier alpha value is -4.01. The van der Waals surface area contributed by atoms with Crippen molar-refractivity contribution in [2.45, 2.75) is 31.2 Å². The van der Waals surface area contributed by atoms with Crippen molar-refractivity contribution in [2.75, 3.05) is 6.61 Å². The zero-order valence-corrected chi connectivity index (χ0v) is 19.5. The average molecular weight is 491 g/mol. The first-order valence-electron chi connectivity index (χ1n) is 11.6. The predicted octanol–water partition coefficient (Wildman–Crippen LogP) is 3.74. The molecule has 36 heavy (non-hydrogen) atoms. The van der Waals surface area contributed by atoms with Crippen LogP contribution in [0.15, 0.2) is 91.0 Å². The van der Waals surface area contributed by atoms with E-state index in [1.807, 2.05) is 54.6 Å². The van der Waals surface area contributed by atoms with Gasteiger partial charge in [-0.05, 0) is 48.0 Å². The lowest BCUT2D eigenvalue weighted by Crippen LogP contribution is -2.49. The van der Waals surface area contributed by atoms with E-state index in [2.05, 4.69) is 10.6 Å². The van der Waals surface area contributed by atoms with Gasteiger partial charge in [-0.3, -0.25) is 9.59 Å². The van der Waals surface area contributed by atoms with E-state index in [4.69, 9.17) is 9.47 Å². The van der Waals surface area contributed by atoms with Crippen LogP contribution in [0.1, 0.15) is 22.3 Å². The third-order valence-corrected chi connectivity index (χ3v) is 5.63. The van der Waals surface area contributed by atoms with Crippen LogP contribution in [-0.4, -0.2) is 41.8 Å². The van der Waals surface area contributed by atoms with Crippen molar-refractivity contribution < 1.29 is 28.6 Å². The van der Waals surface area contributed by atoms with E-state index in [0.29, 0.717) is 12.3 Å². The van der Waals surface area contributed by atoms with Gasteiger partial charge in [0.2, 0.25) is 5.91 Å². The summed E-state index contributed by atoms with van der Waals surface area (Å²) in [5, 5.41) is 15.3. The van der Waals surface area contributed by atoms with Gasteiger partial charge in [0.1, 0.15) is 23.4 Å². The van der Waals surface area contributed by atoms with Gasteiger partial charge >= 0.3 is 0 Å². The number of carbonyl (C=O) groups excluding carboxylic acids is 2. The monoisotopic (exact) mass is 490 g/mol. The first-order valence-corrected chi connectivity index (χ1v) is 11.6. The molecule has 0 saturated carbocycles. The number of benzene rings is 3. The van der Waals surface area contributed by atoms with Gasteiger partial charge in [-0.15, -0.1) is 0 Å². The molecule has 0 spiro atoms. The maximum atomic E-state index is 13.4. The van der Waals surface area contributed by atoms with Gasteiger partial charge in [0, 0.05) is 12.1 Å². The third kappa shape index (κ3) is 7.00. The molecule has 0 bridgehead atoms. The molecule has 0 saturated heterocycles. The molecule has 0 radical (unpaired) electrons. The van der Waals surface area contributed by atoms with Crippen molar-refractivity contribution in [2.24, 2.45) is 0 Å². The summed E-state index contributed by atoms with van der Waals surface area (Å²) in [5.74, 6) is 0.234. The molecule has 1 aliphatic rings. The summed E-state index contributed by atoms with van der Waals surface area (Å²) >= 11 is 0. The van der Waals surface area contributed by atoms with Crippen molar-refractivity contribution in [1.29, 1.82) is 0 Å². The molecule has 3 atom stereocenters. The number of carbonyl (C=O) groups is 2.